The highest BCUT2D eigenvalue weighted by Gasteiger charge is 2.34. The first-order valence-corrected chi connectivity index (χ1v) is 5.35. The normalized spacial score (nSPS) is 12.9. The lowest BCUT2D eigenvalue weighted by molar-refractivity contribution is -0.142. The van der Waals surface area contributed by atoms with Crippen molar-refractivity contribution in [2.45, 2.75) is 45.4 Å². The summed E-state index contributed by atoms with van der Waals surface area (Å²) < 4.78 is 1.76. The second-order valence-corrected chi connectivity index (χ2v) is 5.72. The molecule has 4 heteroatoms. The summed E-state index contributed by atoms with van der Waals surface area (Å²) in [5.74, 6) is -0.856. The number of aryl methyl sites for hydroxylation is 1. The van der Waals surface area contributed by atoms with Gasteiger partial charge in [-0.15, -0.1) is 0 Å². The molecule has 0 atom stereocenters. The van der Waals surface area contributed by atoms with Crippen LogP contribution < -0.4 is 0 Å². The molecule has 90 valence electrons. The van der Waals surface area contributed by atoms with Crippen molar-refractivity contribution in [1.29, 1.82) is 0 Å². The zero-order valence-electron chi connectivity index (χ0n) is 10.8. The third-order valence-corrected chi connectivity index (χ3v) is 2.82. The summed E-state index contributed by atoms with van der Waals surface area (Å²) in [4.78, 5) is 11.1. The SMILES string of the molecule is Cn1nc(C(C)(C)C(=O)O)cc1C(C)(C)C. The van der Waals surface area contributed by atoms with Crippen molar-refractivity contribution in [3.05, 3.63) is 17.5 Å². The molecule has 0 aliphatic heterocycles. The van der Waals surface area contributed by atoms with E-state index in [1.165, 1.54) is 0 Å². The molecule has 0 saturated carbocycles. The van der Waals surface area contributed by atoms with Crippen LogP contribution in [0.1, 0.15) is 46.0 Å². The molecule has 1 N–H and O–H groups in total. The Labute approximate surface area is 96.3 Å². The van der Waals surface area contributed by atoms with Crippen molar-refractivity contribution in [2.24, 2.45) is 7.05 Å². The van der Waals surface area contributed by atoms with Crippen molar-refractivity contribution >= 4 is 5.97 Å². The average Bonchev–Trinajstić information content (AvgIpc) is 2.46. The quantitative estimate of drug-likeness (QED) is 0.836. The van der Waals surface area contributed by atoms with E-state index in [2.05, 4.69) is 25.9 Å². The first kappa shape index (κ1) is 12.7. The Morgan fingerprint density at radius 1 is 1.31 bits per heavy atom. The predicted octanol–water partition coefficient (Wildman–Crippen LogP) is 2.08. The number of aliphatic carboxylic acids is 1. The Morgan fingerprint density at radius 3 is 2.12 bits per heavy atom. The maximum Gasteiger partial charge on any atom is 0.315 e. The Balaban J connectivity index is 3.26. The van der Waals surface area contributed by atoms with Crippen molar-refractivity contribution in [3.8, 4) is 0 Å². The molecule has 0 amide bonds. The Hall–Kier alpha value is -1.32. The van der Waals surface area contributed by atoms with Gasteiger partial charge in [-0.1, -0.05) is 20.8 Å². The highest BCUT2D eigenvalue weighted by molar-refractivity contribution is 5.79. The molecule has 4 nitrogen and oxygen atoms in total. The van der Waals surface area contributed by atoms with E-state index in [4.69, 9.17) is 5.11 Å². The van der Waals surface area contributed by atoms with Crippen LogP contribution >= 0.6 is 0 Å². The lowest BCUT2D eigenvalue weighted by Gasteiger charge is -2.18. The van der Waals surface area contributed by atoms with Crippen LogP contribution in [0.3, 0.4) is 0 Å². The highest BCUT2D eigenvalue weighted by Crippen LogP contribution is 2.28. The molecule has 1 aromatic heterocycles. The predicted molar refractivity (Wildman–Crippen MR) is 62.6 cm³/mol. The van der Waals surface area contributed by atoms with Gasteiger partial charge in [-0.05, 0) is 19.9 Å². The largest absolute Gasteiger partial charge is 0.481 e. The minimum absolute atomic E-state index is 0.0332. The number of hydrogen-bond donors (Lipinski definition) is 1. The highest BCUT2D eigenvalue weighted by atomic mass is 16.4. The second-order valence-electron chi connectivity index (χ2n) is 5.72. The van der Waals surface area contributed by atoms with Gasteiger partial charge in [0.15, 0.2) is 0 Å². The van der Waals surface area contributed by atoms with Gasteiger partial charge in [-0.3, -0.25) is 9.48 Å². The van der Waals surface area contributed by atoms with Crippen LogP contribution in [0.15, 0.2) is 6.07 Å². The van der Waals surface area contributed by atoms with Crippen molar-refractivity contribution in [2.75, 3.05) is 0 Å². The third kappa shape index (κ3) is 2.10. The minimum atomic E-state index is -0.943. The molecule has 0 bridgehead atoms. The minimum Gasteiger partial charge on any atom is -0.481 e. The topological polar surface area (TPSA) is 55.1 Å². The summed E-state index contributed by atoms with van der Waals surface area (Å²) in [5, 5.41) is 13.5. The molecule has 0 saturated heterocycles. The van der Waals surface area contributed by atoms with Gasteiger partial charge in [0.25, 0.3) is 0 Å². The Kier molecular flexibility index (Phi) is 2.88. The summed E-state index contributed by atoms with van der Waals surface area (Å²) in [6.07, 6.45) is 0. The number of aromatic nitrogens is 2. The molecule has 0 fully saturated rings. The van der Waals surface area contributed by atoms with Crippen LogP contribution in [0.4, 0.5) is 0 Å². The summed E-state index contributed by atoms with van der Waals surface area (Å²) in [7, 11) is 1.85. The number of hydrogen-bond acceptors (Lipinski definition) is 2. The standard InChI is InChI=1S/C12H20N2O2/c1-11(2,3)9-7-8(13-14(9)6)12(4,5)10(15)16/h7H,1-6H3,(H,15,16). The molecule has 0 aromatic carbocycles. The van der Waals surface area contributed by atoms with Crippen LogP contribution in [0.25, 0.3) is 0 Å². The Morgan fingerprint density at radius 2 is 1.81 bits per heavy atom. The van der Waals surface area contributed by atoms with Gasteiger partial charge in [-0.2, -0.15) is 5.10 Å². The van der Waals surface area contributed by atoms with Gasteiger partial charge in [-0.25, -0.2) is 0 Å². The lowest BCUT2D eigenvalue weighted by Crippen LogP contribution is -2.29. The van der Waals surface area contributed by atoms with Gasteiger partial charge >= 0.3 is 5.97 Å². The van der Waals surface area contributed by atoms with Crippen molar-refractivity contribution in [1.82, 2.24) is 9.78 Å². The fraction of sp³-hybridized carbons (Fsp3) is 0.667. The van der Waals surface area contributed by atoms with Crippen LogP contribution in [-0.2, 0) is 22.7 Å². The molecule has 0 spiro atoms. The van der Waals surface area contributed by atoms with Crippen LogP contribution in [-0.4, -0.2) is 20.9 Å². The van der Waals surface area contributed by atoms with E-state index in [1.54, 1.807) is 18.5 Å². The van der Waals surface area contributed by atoms with E-state index in [-0.39, 0.29) is 5.41 Å². The summed E-state index contributed by atoms with van der Waals surface area (Å²) in [6.45, 7) is 9.60. The fourth-order valence-corrected chi connectivity index (χ4v) is 1.58. The number of rotatable bonds is 2. The maximum absolute atomic E-state index is 11.1. The lowest BCUT2D eigenvalue weighted by atomic mass is 9.86. The molecule has 1 heterocycles. The number of carbonyl (C=O) groups is 1. The molecule has 0 aliphatic carbocycles. The molecule has 1 rings (SSSR count). The first-order chi connectivity index (χ1) is 7.06. The zero-order chi connectivity index (χ0) is 12.7. The van der Waals surface area contributed by atoms with Gasteiger partial charge in [0.1, 0.15) is 5.41 Å². The molecular formula is C12H20N2O2. The summed E-state index contributed by atoms with van der Waals surface area (Å²) in [6, 6.07) is 1.88. The smallest absolute Gasteiger partial charge is 0.315 e. The number of carboxylic acid groups (broad SMARTS) is 1. The van der Waals surface area contributed by atoms with E-state index in [9.17, 15) is 4.79 Å². The van der Waals surface area contributed by atoms with E-state index >= 15 is 0 Å². The van der Waals surface area contributed by atoms with Crippen molar-refractivity contribution in [3.63, 3.8) is 0 Å². The second kappa shape index (κ2) is 3.61. The number of carboxylic acids is 1. The van der Waals surface area contributed by atoms with Crippen LogP contribution in [0.2, 0.25) is 0 Å². The molecule has 0 unspecified atom stereocenters. The van der Waals surface area contributed by atoms with Gasteiger partial charge in [0.05, 0.1) is 5.69 Å². The monoisotopic (exact) mass is 224 g/mol. The first-order valence-electron chi connectivity index (χ1n) is 5.35. The summed E-state index contributed by atoms with van der Waals surface area (Å²) >= 11 is 0. The molecule has 16 heavy (non-hydrogen) atoms. The molecule has 0 radical (unpaired) electrons. The maximum atomic E-state index is 11.1. The summed E-state index contributed by atoms with van der Waals surface area (Å²) in [5.41, 5.74) is 0.666. The number of nitrogens with zero attached hydrogens (tertiary/aromatic N) is 2. The fourth-order valence-electron chi connectivity index (χ4n) is 1.58. The zero-order valence-corrected chi connectivity index (χ0v) is 10.8. The third-order valence-electron chi connectivity index (χ3n) is 2.82. The van der Waals surface area contributed by atoms with E-state index in [1.807, 2.05) is 13.1 Å². The molecular weight excluding hydrogens is 204 g/mol. The van der Waals surface area contributed by atoms with Crippen molar-refractivity contribution < 1.29 is 9.90 Å². The van der Waals surface area contributed by atoms with Gasteiger partial charge < -0.3 is 5.11 Å². The van der Waals surface area contributed by atoms with Gasteiger partial charge in [0.2, 0.25) is 0 Å². The average molecular weight is 224 g/mol. The van der Waals surface area contributed by atoms with E-state index in [0.29, 0.717) is 5.69 Å². The Bertz CT molecular complexity index is 411. The van der Waals surface area contributed by atoms with Gasteiger partial charge in [0, 0.05) is 18.2 Å². The van der Waals surface area contributed by atoms with E-state index < -0.39 is 11.4 Å². The molecule has 1 aromatic rings. The van der Waals surface area contributed by atoms with Crippen LogP contribution in [0, 0.1) is 0 Å². The van der Waals surface area contributed by atoms with Crippen LogP contribution in [0.5, 0.6) is 0 Å². The molecule has 0 aliphatic rings. The van der Waals surface area contributed by atoms with E-state index in [0.717, 1.165) is 5.69 Å².